The number of rotatable bonds is 4. The maximum absolute atomic E-state index is 13.5. The summed E-state index contributed by atoms with van der Waals surface area (Å²) in [5.41, 5.74) is 0.183. The fraction of sp³-hybridized carbons (Fsp3) is 0.154. The summed E-state index contributed by atoms with van der Waals surface area (Å²) in [6.45, 7) is 0. The Hall–Kier alpha value is -1.62. The summed E-state index contributed by atoms with van der Waals surface area (Å²) in [7, 11) is 0. The van der Waals surface area contributed by atoms with Crippen molar-refractivity contribution in [2.24, 2.45) is 0 Å². The zero-order chi connectivity index (χ0) is 13.0. The van der Waals surface area contributed by atoms with E-state index in [-0.39, 0.29) is 18.0 Å². The van der Waals surface area contributed by atoms with Gasteiger partial charge in [0.05, 0.1) is 12.0 Å². The summed E-state index contributed by atoms with van der Waals surface area (Å²) in [6, 6.07) is 8.06. The highest BCUT2D eigenvalue weighted by Crippen LogP contribution is 2.19. The topological polar surface area (TPSA) is 42.2 Å². The lowest BCUT2D eigenvalue weighted by atomic mass is 10.2. The molecule has 2 rings (SSSR count). The van der Waals surface area contributed by atoms with Crippen molar-refractivity contribution in [1.29, 1.82) is 0 Å². The maximum atomic E-state index is 13.5. The lowest BCUT2D eigenvalue weighted by molar-refractivity contribution is -0.116. The Balaban J connectivity index is 1.91. The normalized spacial score (nSPS) is 10.3. The molecule has 0 fully saturated rings. The maximum Gasteiger partial charge on any atom is 0.224 e. The molecule has 1 aromatic carbocycles. The van der Waals surface area contributed by atoms with Gasteiger partial charge in [-0.3, -0.25) is 4.79 Å². The standard InChI is InChI=1S/C13H11BrFNO2/c14-9-3-5-12(11(15)8-9)16-13(17)6-4-10-2-1-7-18-10/h1-3,5,7-8H,4,6H2,(H,16,17). The van der Waals surface area contributed by atoms with Crippen LogP contribution in [0.5, 0.6) is 0 Å². The SMILES string of the molecule is O=C(CCc1ccco1)Nc1ccc(Br)cc1F. The van der Waals surface area contributed by atoms with Crippen molar-refractivity contribution >= 4 is 27.5 Å². The molecule has 1 heterocycles. The molecular weight excluding hydrogens is 301 g/mol. The molecule has 0 bridgehead atoms. The van der Waals surface area contributed by atoms with Gasteiger partial charge in [-0.1, -0.05) is 15.9 Å². The molecule has 0 spiro atoms. The van der Waals surface area contributed by atoms with Crippen LogP contribution in [-0.4, -0.2) is 5.91 Å². The monoisotopic (exact) mass is 311 g/mol. The van der Waals surface area contributed by atoms with E-state index in [1.54, 1.807) is 24.5 Å². The Morgan fingerprint density at radius 3 is 2.89 bits per heavy atom. The fourth-order valence-corrected chi connectivity index (χ4v) is 1.83. The highest BCUT2D eigenvalue weighted by Gasteiger charge is 2.08. The first-order valence-corrected chi connectivity index (χ1v) is 6.22. The minimum Gasteiger partial charge on any atom is -0.469 e. The van der Waals surface area contributed by atoms with Crippen LogP contribution in [-0.2, 0) is 11.2 Å². The Bertz CT molecular complexity index is 540. The van der Waals surface area contributed by atoms with Crippen LogP contribution in [0.1, 0.15) is 12.2 Å². The van der Waals surface area contributed by atoms with E-state index in [4.69, 9.17) is 4.42 Å². The summed E-state index contributed by atoms with van der Waals surface area (Å²) in [5.74, 6) is 0.0322. The summed E-state index contributed by atoms with van der Waals surface area (Å²) in [5, 5.41) is 2.52. The van der Waals surface area contributed by atoms with E-state index in [2.05, 4.69) is 21.2 Å². The van der Waals surface area contributed by atoms with Gasteiger partial charge in [-0.15, -0.1) is 0 Å². The molecule has 18 heavy (non-hydrogen) atoms. The predicted molar refractivity (Wildman–Crippen MR) is 69.8 cm³/mol. The minimum absolute atomic E-state index is 0.183. The van der Waals surface area contributed by atoms with E-state index in [1.165, 1.54) is 12.1 Å². The smallest absolute Gasteiger partial charge is 0.224 e. The number of benzene rings is 1. The number of furan rings is 1. The molecule has 0 aliphatic rings. The second kappa shape index (κ2) is 5.82. The predicted octanol–water partition coefficient (Wildman–Crippen LogP) is 3.75. The van der Waals surface area contributed by atoms with Crippen molar-refractivity contribution in [3.63, 3.8) is 0 Å². The van der Waals surface area contributed by atoms with Gasteiger partial charge >= 0.3 is 0 Å². The average molecular weight is 312 g/mol. The van der Waals surface area contributed by atoms with Crippen molar-refractivity contribution in [3.8, 4) is 0 Å². The van der Waals surface area contributed by atoms with Crippen LogP contribution in [0.2, 0.25) is 0 Å². The Morgan fingerprint density at radius 1 is 1.39 bits per heavy atom. The molecule has 1 aromatic heterocycles. The molecule has 2 aromatic rings. The van der Waals surface area contributed by atoms with Crippen LogP contribution in [0.25, 0.3) is 0 Å². The number of carbonyl (C=O) groups excluding carboxylic acids is 1. The molecule has 0 unspecified atom stereocenters. The lowest BCUT2D eigenvalue weighted by Gasteiger charge is -2.06. The average Bonchev–Trinajstić information content (AvgIpc) is 2.83. The molecule has 0 saturated heterocycles. The van der Waals surface area contributed by atoms with Crippen LogP contribution in [0.15, 0.2) is 45.5 Å². The number of amides is 1. The van der Waals surface area contributed by atoms with Crippen LogP contribution in [0, 0.1) is 5.82 Å². The Labute approximate surface area is 112 Å². The molecule has 0 saturated carbocycles. The number of hydrogen-bond acceptors (Lipinski definition) is 2. The van der Waals surface area contributed by atoms with E-state index >= 15 is 0 Å². The summed E-state index contributed by atoms with van der Waals surface area (Å²) in [6.07, 6.45) is 2.31. The van der Waals surface area contributed by atoms with Gasteiger partial charge in [0.15, 0.2) is 0 Å². The number of halogens is 2. The zero-order valence-electron chi connectivity index (χ0n) is 9.45. The van der Waals surface area contributed by atoms with Gasteiger partial charge in [0.2, 0.25) is 5.91 Å². The Morgan fingerprint density at radius 2 is 2.22 bits per heavy atom. The van der Waals surface area contributed by atoms with Gasteiger partial charge in [-0.05, 0) is 30.3 Å². The van der Waals surface area contributed by atoms with Crippen LogP contribution in [0.3, 0.4) is 0 Å². The van der Waals surface area contributed by atoms with Crippen molar-refractivity contribution in [3.05, 3.63) is 52.6 Å². The zero-order valence-corrected chi connectivity index (χ0v) is 11.0. The lowest BCUT2D eigenvalue weighted by Crippen LogP contribution is -2.13. The highest BCUT2D eigenvalue weighted by molar-refractivity contribution is 9.10. The first-order valence-electron chi connectivity index (χ1n) is 5.42. The molecule has 0 atom stereocenters. The first-order chi connectivity index (χ1) is 8.65. The molecule has 94 valence electrons. The highest BCUT2D eigenvalue weighted by atomic mass is 79.9. The van der Waals surface area contributed by atoms with Gasteiger partial charge < -0.3 is 9.73 Å². The molecule has 5 heteroatoms. The number of carbonyl (C=O) groups is 1. The van der Waals surface area contributed by atoms with E-state index in [0.29, 0.717) is 10.9 Å². The van der Waals surface area contributed by atoms with Gasteiger partial charge in [0, 0.05) is 17.3 Å². The first kappa shape index (κ1) is 12.8. The minimum atomic E-state index is -0.462. The quantitative estimate of drug-likeness (QED) is 0.934. The van der Waals surface area contributed by atoms with Crippen molar-refractivity contribution in [1.82, 2.24) is 0 Å². The van der Waals surface area contributed by atoms with Gasteiger partial charge in [-0.25, -0.2) is 4.39 Å². The third-order valence-electron chi connectivity index (χ3n) is 2.38. The van der Waals surface area contributed by atoms with E-state index in [0.717, 1.165) is 5.76 Å². The van der Waals surface area contributed by atoms with Crippen LogP contribution in [0.4, 0.5) is 10.1 Å². The summed E-state index contributed by atoms with van der Waals surface area (Å²) in [4.78, 5) is 11.6. The second-order valence-electron chi connectivity index (χ2n) is 3.75. The molecule has 1 amide bonds. The molecule has 3 nitrogen and oxygen atoms in total. The third-order valence-corrected chi connectivity index (χ3v) is 2.88. The van der Waals surface area contributed by atoms with E-state index < -0.39 is 5.82 Å². The Kier molecular flexibility index (Phi) is 4.15. The van der Waals surface area contributed by atoms with Crippen molar-refractivity contribution in [2.45, 2.75) is 12.8 Å². The van der Waals surface area contributed by atoms with Crippen LogP contribution < -0.4 is 5.32 Å². The molecule has 0 aliphatic carbocycles. The number of anilines is 1. The number of aryl methyl sites for hydroxylation is 1. The third kappa shape index (κ3) is 3.43. The van der Waals surface area contributed by atoms with Crippen molar-refractivity contribution < 1.29 is 13.6 Å². The van der Waals surface area contributed by atoms with Crippen molar-refractivity contribution in [2.75, 3.05) is 5.32 Å². The fourth-order valence-electron chi connectivity index (χ4n) is 1.50. The molecule has 1 N–H and O–H groups in total. The molecular formula is C13H11BrFNO2. The largest absolute Gasteiger partial charge is 0.469 e. The summed E-state index contributed by atoms with van der Waals surface area (Å²) >= 11 is 3.15. The summed E-state index contributed by atoms with van der Waals surface area (Å²) < 4.78 is 19.2. The molecule has 0 radical (unpaired) electrons. The second-order valence-corrected chi connectivity index (χ2v) is 4.67. The van der Waals surface area contributed by atoms with E-state index in [1.807, 2.05) is 0 Å². The van der Waals surface area contributed by atoms with Crippen LogP contribution >= 0.6 is 15.9 Å². The molecule has 0 aliphatic heterocycles. The number of nitrogens with one attached hydrogen (secondary N) is 1. The van der Waals surface area contributed by atoms with Gasteiger partial charge in [-0.2, -0.15) is 0 Å². The van der Waals surface area contributed by atoms with E-state index in [9.17, 15) is 9.18 Å². The van der Waals surface area contributed by atoms with Gasteiger partial charge in [0.25, 0.3) is 0 Å². The van der Waals surface area contributed by atoms with Gasteiger partial charge in [0.1, 0.15) is 11.6 Å². The number of hydrogen-bond donors (Lipinski definition) is 1.